The van der Waals surface area contributed by atoms with Crippen LogP contribution in [0.25, 0.3) is 42.6 Å². The Bertz CT molecular complexity index is 3340. The summed E-state index contributed by atoms with van der Waals surface area (Å²) in [6, 6.07) is 18.4. The zero-order valence-corrected chi connectivity index (χ0v) is 44.8. The number of fused-ring (bicyclic) bond motifs is 2. The molecule has 72 heavy (non-hydrogen) atoms. The van der Waals surface area contributed by atoms with Crippen molar-refractivity contribution >= 4 is 32.9 Å². The van der Waals surface area contributed by atoms with Crippen LogP contribution in [0.2, 0.25) is 0 Å². The van der Waals surface area contributed by atoms with Crippen LogP contribution in [0.4, 0.5) is 11.4 Å². The van der Waals surface area contributed by atoms with Crippen LogP contribution in [0, 0.1) is 36.8 Å². The van der Waals surface area contributed by atoms with Crippen molar-refractivity contribution in [3.63, 3.8) is 0 Å². The van der Waals surface area contributed by atoms with Gasteiger partial charge in [0.25, 0.3) is 22.2 Å². The zero-order chi connectivity index (χ0) is 52.9. The summed E-state index contributed by atoms with van der Waals surface area (Å²) in [5.74, 6) is 13.9. The van der Waals surface area contributed by atoms with Gasteiger partial charge in [-0.05, 0) is 128 Å². The third-order valence-corrected chi connectivity index (χ3v) is 13.9. The number of hydrogen-bond donors (Lipinski definition) is 0. The standard InChI is InChI=1S/C64H66N4O4/c1-33(2)47-27-43(65-17)28-48(34(3)4)45(47)21-19-41-23-51(37(9)10)59(52(24-41)38(11)12)67-61(69)55-31-57-58(32-56(55)62(67)70)64(72)68(63(57)71)60-53(39(13)14)25-42(26-54(60)40(15)16)20-22-46-49(35(5)6)29-44(66-18)30-50(46)36(7)8/h23-40H,1-16H3. The van der Waals surface area contributed by atoms with Crippen molar-refractivity contribution in [2.45, 2.75) is 158 Å². The van der Waals surface area contributed by atoms with Gasteiger partial charge >= 0.3 is 0 Å². The molecule has 7 rings (SSSR count). The molecule has 7 aromatic rings. The van der Waals surface area contributed by atoms with Crippen molar-refractivity contribution in [1.82, 2.24) is 9.13 Å². The first-order chi connectivity index (χ1) is 33.9. The number of rotatable bonds is 10. The average Bonchev–Trinajstić information content (AvgIpc) is 3.72. The first kappa shape index (κ1) is 52.3. The van der Waals surface area contributed by atoms with E-state index in [-0.39, 0.29) is 68.9 Å². The fourth-order valence-corrected chi connectivity index (χ4v) is 10.0. The lowest BCUT2D eigenvalue weighted by atomic mass is 9.87. The predicted octanol–water partition coefficient (Wildman–Crippen LogP) is 14.8. The van der Waals surface area contributed by atoms with Gasteiger partial charge in [-0.3, -0.25) is 19.2 Å². The van der Waals surface area contributed by atoms with Crippen LogP contribution in [0.1, 0.15) is 225 Å². The molecule has 0 N–H and O–H groups in total. The molecule has 0 fully saturated rings. The van der Waals surface area contributed by atoms with Gasteiger partial charge in [0.15, 0.2) is 11.4 Å². The summed E-state index contributed by atoms with van der Waals surface area (Å²) in [6.45, 7) is 48.4. The molecule has 8 nitrogen and oxygen atoms in total. The summed E-state index contributed by atoms with van der Waals surface area (Å²) in [5, 5.41) is 0.297. The molecular weight excluding hydrogens is 889 g/mol. The Hall–Kier alpha value is -7.52. The topological polar surface area (TPSA) is 86.9 Å². The maximum absolute atomic E-state index is 14.8. The fraction of sp³-hybridized carbons (Fsp3) is 0.375. The molecule has 0 saturated carbocycles. The minimum absolute atomic E-state index is 0.0741. The molecule has 0 bridgehead atoms. The number of benzene rings is 5. The number of aromatic nitrogens is 2. The summed E-state index contributed by atoms with van der Waals surface area (Å²) in [6.07, 6.45) is 0. The maximum Gasteiger partial charge on any atom is 0.266 e. The molecule has 0 unspecified atom stereocenters. The quantitative estimate of drug-likeness (QED) is 0.101. The Labute approximate surface area is 425 Å². The van der Waals surface area contributed by atoms with Gasteiger partial charge in [0.05, 0.1) is 46.1 Å². The maximum atomic E-state index is 14.8. The van der Waals surface area contributed by atoms with E-state index in [1.807, 2.05) is 104 Å². The molecule has 366 valence electrons. The van der Waals surface area contributed by atoms with Gasteiger partial charge in [-0.1, -0.05) is 159 Å². The predicted molar refractivity (Wildman–Crippen MR) is 298 cm³/mol. The van der Waals surface area contributed by atoms with E-state index in [1.54, 1.807) is 0 Å². The van der Waals surface area contributed by atoms with Crippen molar-refractivity contribution in [2.75, 3.05) is 0 Å². The van der Waals surface area contributed by atoms with Crippen LogP contribution >= 0.6 is 0 Å². The molecule has 2 aromatic heterocycles. The molecule has 5 aromatic carbocycles. The van der Waals surface area contributed by atoms with E-state index < -0.39 is 22.2 Å². The van der Waals surface area contributed by atoms with Gasteiger partial charge in [-0.25, -0.2) is 18.8 Å². The van der Waals surface area contributed by atoms with Crippen molar-refractivity contribution in [3.8, 4) is 35.1 Å². The van der Waals surface area contributed by atoms with E-state index in [0.717, 1.165) is 66.8 Å². The normalized spacial score (nSPS) is 11.8. The van der Waals surface area contributed by atoms with Crippen LogP contribution in [0.5, 0.6) is 0 Å². The van der Waals surface area contributed by atoms with Crippen LogP contribution in [0.3, 0.4) is 0 Å². The van der Waals surface area contributed by atoms with E-state index >= 15 is 0 Å². The second-order valence-electron chi connectivity index (χ2n) is 21.8. The van der Waals surface area contributed by atoms with Gasteiger partial charge in [-0.2, -0.15) is 0 Å². The number of nitrogens with zero attached hydrogens (tertiary/aromatic N) is 4. The molecular formula is C64H66N4O4. The van der Waals surface area contributed by atoms with Gasteiger partial charge < -0.3 is 0 Å². The second kappa shape index (κ2) is 20.3. The Morgan fingerprint density at radius 3 is 0.750 bits per heavy atom. The van der Waals surface area contributed by atoms with Crippen LogP contribution in [0.15, 0.2) is 79.8 Å². The monoisotopic (exact) mass is 955 g/mol. The highest BCUT2D eigenvalue weighted by molar-refractivity contribution is 5.98. The highest BCUT2D eigenvalue weighted by atomic mass is 16.2. The summed E-state index contributed by atoms with van der Waals surface area (Å²) >= 11 is 0. The van der Waals surface area contributed by atoms with Gasteiger partial charge in [0.2, 0.25) is 0 Å². The molecule has 0 atom stereocenters. The third kappa shape index (κ3) is 9.40. The molecule has 0 aliphatic rings. The lowest BCUT2D eigenvalue weighted by Crippen LogP contribution is -2.27. The largest absolute Gasteiger partial charge is 0.268 e. The van der Waals surface area contributed by atoms with Crippen molar-refractivity contribution in [2.24, 2.45) is 0 Å². The molecule has 0 aliphatic carbocycles. The summed E-state index contributed by atoms with van der Waals surface area (Å²) in [7, 11) is 0. The van der Waals surface area contributed by atoms with Gasteiger partial charge in [0.1, 0.15) is 0 Å². The average molecular weight is 955 g/mol. The van der Waals surface area contributed by atoms with E-state index in [9.17, 15) is 19.2 Å². The van der Waals surface area contributed by atoms with E-state index in [0.29, 0.717) is 22.7 Å². The van der Waals surface area contributed by atoms with E-state index in [1.165, 1.54) is 21.3 Å². The van der Waals surface area contributed by atoms with Gasteiger partial charge in [-0.15, -0.1) is 0 Å². The van der Waals surface area contributed by atoms with Crippen LogP contribution in [-0.4, -0.2) is 9.13 Å². The molecule has 8 heteroatoms. The van der Waals surface area contributed by atoms with Crippen molar-refractivity contribution in [3.05, 3.63) is 192 Å². The van der Waals surface area contributed by atoms with E-state index in [4.69, 9.17) is 13.1 Å². The molecule has 0 radical (unpaired) electrons. The molecule has 0 spiro atoms. The minimum atomic E-state index is -0.555. The Kier molecular flexibility index (Phi) is 14.7. The van der Waals surface area contributed by atoms with Crippen LogP contribution in [-0.2, 0) is 0 Å². The summed E-state index contributed by atoms with van der Waals surface area (Å²) < 4.78 is 2.46. The SMILES string of the molecule is [C-]#[N+]c1cc(C(C)C)c(C#Cc2cc(C(C)C)c(-n3c(=O)c4cc5c(=O)n(-c6c(C(C)C)cc(C#Cc7c(C(C)C)cc([N+]#[C-])cc7C(C)C)cc6C(C)C)c(=O)c5cc4c3=O)c(C(C)C)c2)c(C(C)C)c1. The highest BCUT2D eigenvalue weighted by Gasteiger charge is 2.28. The molecule has 0 amide bonds. The van der Waals surface area contributed by atoms with Crippen LogP contribution < -0.4 is 22.2 Å². The van der Waals surface area contributed by atoms with Crippen molar-refractivity contribution in [1.29, 1.82) is 0 Å². The first-order valence-electron chi connectivity index (χ1n) is 25.4. The Morgan fingerprint density at radius 1 is 0.333 bits per heavy atom. The Morgan fingerprint density at radius 2 is 0.556 bits per heavy atom. The second-order valence-corrected chi connectivity index (χ2v) is 21.8. The Balaban J connectivity index is 1.42. The molecule has 0 saturated heterocycles. The van der Waals surface area contributed by atoms with Crippen molar-refractivity contribution < 1.29 is 0 Å². The zero-order valence-electron chi connectivity index (χ0n) is 44.8. The third-order valence-electron chi connectivity index (χ3n) is 13.9. The number of hydrogen-bond acceptors (Lipinski definition) is 4. The fourth-order valence-electron chi connectivity index (χ4n) is 10.0. The lowest BCUT2D eigenvalue weighted by Gasteiger charge is -2.20. The summed E-state index contributed by atoms with van der Waals surface area (Å²) in [5.41, 5.74) is 10.4. The van der Waals surface area contributed by atoms with E-state index in [2.05, 4.69) is 88.8 Å². The lowest BCUT2D eigenvalue weighted by molar-refractivity contribution is 0.794. The van der Waals surface area contributed by atoms with Gasteiger partial charge in [0, 0.05) is 22.3 Å². The molecule has 0 aliphatic heterocycles. The smallest absolute Gasteiger partial charge is 0.266 e. The minimum Gasteiger partial charge on any atom is -0.268 e. The first-order valence-corrected chi connectivity index (χ1v) is 25.4. The summed E-state index contributed by atoms with van der Waals surface area (Å²) in [4.78, 5) is 66.7. The highest BCUT2D eigenvalue weighted by Crippen LogP contribution is 2.37. The molecule has 2 heterocycles.